The number of carbonyl (C=O) groups is 1. The van der Waals surface area contributed by atoms with Crippen molar-refractivity contribution in [3.05, 3.63) is 115 Å². The molecule has 0 amide bonds. The first-order chi connectivity index (χ1) is 16.8. The second-order valence-corrected chi connectivity index (χ2v) is 14.0. The molecule has 39 heavy (non-hydrogen) atoms. The predicted octanol–water partition coefficient (Wildman–Crippen LogP) is 8.41. The van der Waals surface area contributed by atoms with Crippen molar-refractivity contribution in [1.82, 2.24) is 0 Å². The summed E-state index contributed by atoms with van der Waals surface area (Å²) in [4.78, 5) is 14.6. The number of carbonyl (C=O) groups excluding carboxylic acids is 1. The third kappa shape index (κ3) is 8.82. The Bertz CT molecular complexity index is 1160. The summed E-state index contributed by atoms with van der Waals surface area (Å²) in [6.07, 6.45) is 1.39. The summed E-state index contributed by atoms with van der Waals surface area (Å²) in [7, 11) is 2.51. The van der Waals surface area contributed by atoms with E-state index in [1.165, 1.54) is 15.9 Å². The molecule has 0 bridgehead atoms. The van der Waals surface area contributed by atoms with E-state index in [0.717, 1.165) is 27.1 Å². The summed E-state index contributed by atoms with van der Waals surface area (Å²) < 4.78 is 0.729. The second kappa shape index (κ2) is 16.0. The van der Waals surface area contributed by atoms with E-state index >= 15 is 0 Å². The third-order valence-corrected chi connectivity index (χ3v) is 11.6. The Morgan fingerprint density at radius 1 is 0.641 bits per heavy atom. The molecule has 0 heterocycles. The smallest absolute Gasteiger partial charge is 0.195 e. The maximum absolute atomic E-state index is 13.1. The molecule has 0 aliphatic heterocycles. The number of quaternary nitrogens is 1. The number of Topliss-reactive ketones (excluding diaryl/α,β-unsaturated/α-hetero) is 1. The van der Waals surface area contributed by atoms with Gasteiger partial charge in [-0.3, -0.25) is 9.28 Å². The second-order valence-electron chi connectivity index (χ2n) is 9.53. The molecule has 0 saturated heterocycles. The molecule has 0 aliphatic rings. The van der Waals surface area contributed by atoms with Gasteiger partial charge < -0.3 is 0 Å². The van der Waals surface area contributed by atoms with Crippen molar-refractivity contribution in [2.24, 2.45) is 0 Å². The van der Waals surface area contributed by atoms with Crippen LogP contribution in [-0.2, 0) is 0 Å². The van der Waals surface area contributed by atoms with Gasteiger partial charge in [0.25, 0.3) is 0 Å². The monoisotopic (exact) mass is 581 g/mol. The molecule has 4 aromatic carbocycles. The maximum Gasteiger partial charge on any atom is 0.195 e. The standard InChI is InChI=1S/C30H30NOPS2.4CH4/c1-31(2,19-18-30(32)24-20-28(34)22-29(35)21-24)23-33(25-12-6-3-7-13-25,26-14-8-4-9-15-26)27-16-10-5-11-17-27;;;;/h3-17,20-22H,18-19,23H2,1-2H3;4*1H4/p+2. The van der Waals surface area contributed by atoms with E-state index in [1.54, 1.807) is 0 Å². The molecule has 0 N–H and O–H groups in total. The van der Waals surface area contributed by atoms with Gasteiger partial charge in [0.1, 0.15) is 15.9 Å². The summed E-state index contributed by atoms with van der Waals surface area (Å²) in [6, 6.07) is 38.2. The Labute approximate surface area is 250 Å². The van der Waals surface area contributed by atoms with Crippen LogP contribution in [0.3, 0.4) is 0 Å². The van der Waals surface area contributed by atoms with Crippen molar-refractivity contribution in [2.75, 3.05) is 26.9 Å². The molecule has 2 nitrogen and oxygen atoms in total. The third-order valence-electron chi connectivity index (χ3n) is 6.35. The van der Waals surface area contributed by atoms with Crippen molar-refractivity contribution in [2.45, 2.75) is 45.9 Å². The van der Waals surface area contributed by atoms with E-state index in [9.17, 15) is 4.79 Å². The largest absolute Gasteiger partial charge is 0.296 e. The number of hydrogen-bond donors (Lipinski definition) is 2. The molecule has 0 unspecified atom stereocenters. The van der Waals surface area contributed by atoms with Gasteiger partial charge in [0.05, 0.1) is 27.1 Å². The number of benzene rings is 4. The van der Waals surface area contributed by atoms with Gasteiger partial charge in [-0.05, 0) is 54.6 Å². The fourth-order valence-electron chi connectivity index (χ4n) is 4.69. The van der Waals surface area contributed by atoms with Crippen LogP contribution in [-0.4, -0.2) is 37.2 Å². The van der Waals surface area contributed by atoms with E-state index in [1.807, 2.05) is 18.2 Å². The molecule has 0 radical (unpaired) electrons. The number of rotatable bonds is 9. The van der Waals surface area contributed by atoms with Gasteiger partial charge in [0.2, 0.25) is 0 Å². The number of nitrogens with zero attached hydrogens (tertiary/aromatic N) is 1. The highest BCUT2D eigenvalue weighted by Gasteiger charge is 2.50. The maximum atomic E-state index is 13.1. The molecule has 5 heteroatoms. The van der Waals surface area contributed by atoms with E-state index in [2.05, 4.69) is 130 Å². The zero-order valence-electron chi connectivity index (χ0n) is 20.2. The lowest BCUT2D eigenvalue weighted by Gasteiger charge is -2.36. The SMILES string of the molecule is C.C.C.C.C[N+](C)(CCC(=O)c1cc(S)cc(S)c1)C[P+](c1ccccc1)(c1ccccc1)c1ccccc1. The fraction of sp³-hybridized carbons (Fsp3) is 0.265. The number of thiol groups is 2. The van der Waals surface area contributed by atoms with Crippen LogP contribution in [0.25, 0.3) is 0 Å². The highest BCUT2D eigenvalue weighted by molar-refractivity contribution is 7.95. The zero-order valence-corrected chi connectivity index (χ0v) is 22.9. The van der Waals surface area contributed by atoms with E-state index in [0.29, 0.717) is 12.0 Å². The summed E-state index contributed by atoms with van der Waals surface area (Å²) in [5.74, 6) is 0.130. The molecule has 0 fully saturated rings. The topological polar surface area (TPSA) is 17.1 Å². The van der Waals surface area contributed by atoms with Crippen molar-refractivity contribution in [3.8, 4) is 0 Å². The van der Waals surface area contributed by atoms with E-state index in [4.69, 9.17) is 0 Å². The van der Waals surface area contributed by atoms with Crippen molar-refractivity contribution in [1.29, 1.82) is 0 Å². The van der Waals surface area contributed by atoms with Crippen LogP contribution in [0.15, 0.2) is 119 Å². The molecule has 4 aromatic rings. The van der Waals surface area contributed by atoms with Crippen molar-refractivity contribution >= 4 is 54.2 Å². The van der Waals surface area contributed by atoms with Gasteiger partial charge in [-0.15, -0.1) is 25.3 Å². The molecule has 0 saturated carbocycles. The lowest BCUT2D eigenvalue weighted by atomic mass is 10.1. The first kappa shape index (κ1) is 36.6. The molecule has 0 aromatic heterocycles. The van der Waals surface area contributed by atoms with Gasteiger partial charge in [-0.1, -0.05) is 84.3 Å². The molecule has 4 rings (SSSR count). The average Bonchev–Trinajstić information content (AvgIpc) is 2.87. The van der Waals surface area contributed by atoms with Gasteiger partial charge in [0.15, 0.2) is 19.3 Å². The Morgan fingerprint density at radius 3 is 1.36 bits per heavy atom. The molecule has 0 aliphatic carbocycles. The Kier molecular flexibility index (Phi) is 15.1. The fourth-order valence-corrected chi connectivity index (χ4v) is 10.1. The predicted molar refractivity (Wildman–Crippen MR) is 184 cm³/mol. The van der Waals surface area contributed by atoms with Crippen LogP contribution in [0, 0.1) is 0 Å². The first-order valence-electron chi connectivity index (χ1n) is 11.7. The molecule has 0 atom stereocenters. The van der Waals surface area contributed by atoms with Gasteiger partial charge in [-0.2, -0.15) is 0 Å². The number of ketones is 1. The van der Waals surface area contributed by atoms with Gasteiger partial charge in [0, 0.05) is 15.4 Å². The van der Waals surface area contributed by atoms with E-state index < -0.39 is 7.26 Å². The quantitative estimate of drug-likeness (QED) is 0.0878. The minimum Gasteiger partial charge on any atom is -0.296 e. The highest BCUT2D eigenvalue weighted by Crippen LogP contribution is 2.56. The molecule has 0 spiro atoms. The average molecular weight is 582 g/mol. The van der Waals surface area contributed by atoms with Crippen LogP contribution in [0.4, 0.5) is 0 Å². The normalized spacial score (nSPS) is 10.7. The van der Waals surface area contributed by atoms with Gasteiger partial charge in [-0.25, -0.2) is 0 Å². The van der Waals surface area contributed by atoms with Gasteiger partial charge >= 0.3 is 0 Å². The Hall–Kier alpha value is -2.36. The summed E-state index contributed by atoms with van der Waals surface area (Å²) in [5.41, 5.74) is 0.678. The minimum atomic E-state index is -1.99. The lowest BCUT2D eigenvalue weighted by molar-refractivity contribution is -0.877. The van der Waals surface area contributed by atoms with Crippen LogP contribution < -0.4 is 15.9 Å². The summed E-state index contributed by atoms with van der Waals surface area (Å²) in [5, 5.41) is 4.08. The summed E-state index contributed by atoms with van der Waals surface area (Å²) in [6.45, 7) is 0.742. The highest BCUT2D eigenvalue weighted by atomic mass is 32.1. The van der Waals surface area contributed by atoms with E-state index in [-0.39, 0.29) is 35.5 Å². The van der Waals surface area contributed by atoms with Crippen molar-refractivity contribution in [3.63, 3.8) is 0 Å². The van der Waals surface area contributed by atoms with Crippen LogP contribution in [0.1, 0.15) is 46.5 Å². The van der Waals surface area contributed by atoms with Crippen molar-refractivity contribution < 1.29 is 9.28 Å². The van der Waals surface area contributed by atoms with Crippen LogP contribution >= 0.6 is 32.5 Å². The molecule has 210 valence electrons. The van der Waals surface area contributed by atoms with Crippen LogP contribution in [0.5, 0.6) is 0 Å². The lowest BCUT2D eigenvalue weighted by Crippen LogP contribution is -2.48. The first-order valence-corrected chi connectivity index (χ1v) is 14.6. The Morgan fingerprint density at radius 2 is 1.00 bits per heavy atom. The molecular weight excluding hydrogens is 533 g/mol. The summed E-state index contributed by atoms with van der Waals surface area (Å²) >= 11 is 8.84. The minimum absolute atomic E-state index is 0. The molecular formula is C34H48NOPS2+2. The van der Waals surface area contributed by atoms with Crippen LogP contribution in [0.2, 0.25) is 0 Å². The number of hydrogen-bond acceptors (Lipinski definition) is 3. The zero-order chi connectivity index (χ0) is 24.9. The Balaban J connectivity index is 0.00000361.